The molecule has 1 saturated carbocycles. The number of ketones is 1. The maximum atomic E-state index is 12.4. The van der Waals surface area contributed by atoms with Crippen molar-refractivity contribution in [3.8, 4) is 0 Å². The summed E-state index contributed by atoms with van der Waals surface area (Å²) < 4.78 is 1.83. The van der Waals surface area contributed by atoms with Crippen LogP contribution in [0.15, 0.2) is 18.2 Å². The van der Waals surface area contributed by atoms with Crippen molar-refractivity contribution in [1.82, 2.24) is 20.0 Å². The summed E-state index contributed by atoms with van der Waals surface area (Å²) in [6.07, 6.45) is 4.21. The summed E-state index contributed by atoms with van der Waals surface area (Å²) in [5.41, 5.74) is 2.22. The number of anilines is 1. The van der Waals surface area contributed by atoms with Gasteiger partial charge in [0.2, 0.25) is 5.91 Å². The summed E-state index contributed by atoms with van der Waals surface area (Å²) in [6.45, 7) is 5.81. The minimum atomic E-state index is 0.00129. The lowest BCUT2D eigenvalue weighted by atomic mass is 9.82. The second kappa shape index (κ2) is 8.14. The Bertz CT molecular complexity index is 907. The molecule has 0 atom stereocenters. The molecule has 29 heavy (non-hydrogen) atoms. The predicted molar refractivity (Wildman–Crippen MR) is 114 cm³/mol. The molecule has 7 heteroatoms. The fraction of sp³-hybridized carbons (Fsp3) is 0.591. The molecule has 2 aliphatic rings. The number of likely N-dealkylation sites (tertiary alicyclic amines) is 1. The van der Waals surface area contributed by atoms with Gasteiger partial charge in [0.15, 0.2) is 5.82 Å². The van der Waals surface area contributed by atoms with Crippen LogP contribution in [0.3, 0.4) is 0 Å². The van der Waals surface area contributed by atoms with Crippen LogP contribution in [0.2, 0.25) is 0 Å². The van der Waals surface area contributed by atoms with Gasteiger partial charge in [-0.25, -0.2) is 0 Å². The minimum Gasteiger partial charge on any atom is -0.359 e. The molecule has 2 fully saturated rings. The van der Waals surface area contributed by atoms with E-state index >= 15 is 0 Å². The Morgan fingerprint density at radius 1 is 1.17 bits per heavy atom. The van der Waals surface area contributed by atoms with Crippen LogP contribution in [-0.2, 0) is 16.6 Å². The number of aromatic nitrogens is 2. The number of nitrogens with zero attached hydrogens (tertiary/aromatic N) is 3. The molecule has 0 bridgehead atoms. The first-order chi connectivity index (χ1) is 13.9. The van der Waals surface area contributed by atoms with E-state index in [2.05, 4.69) is 45.8 Å². The predicted octanol–water partition coefficient (Wildman–Crippen LogP) is 2.24. The van der Waals surface area contributed by atoms with Crippen LogP contribution in [0, 0.1) is 12.8 Å². The molecule has 4 rings (SSSR count). The van der Waals surface area contributed by atoms with Crippen LogP contribution in [0.4, 0.5) is 5.82 Å². The van der Waals surface area contributed by atoms with Gasteiger partial charge in [0.05, 0.1) is 18.1 Å². The summed E-state index contributed by atoms with van der Waals surface area (Å²) in [4.78, 5) is 26.3. The molecule has 2 heterocycles. The highest BCUT2D eigenvalue weighted by molar-refractivity contribution is 5.92. The lowest BCUT2D eigenvalue weighted by molar-refractivity contribution is -0.123. The van der Waals surface area contributed by atoms with E-state index in [1.807, 2.05) is 11.7 Å². The van der Waals surface area contributed by atoms with E-state index in [4.69, 9.17) is 0 Å². The Balaban J connectivity index is 1.22. The highest BCUT2D eigenvalue weighted by atomic mass is 16.2. The maximum Gasteiger partial charge on any atom is 0.239 e. The van der Waals surface area contributed by atoms with E-state index in [0.29, 0.717) is 11.8 Å². The van der Waals surface area contributed by atoms with Crippen molar-refractivity contribution in [1.29, 1.82) is 0 Å². The van der Waals surface area contributed by atoms with Gasteiger partial charge in [-0.2, -0.15) is 5.10 Å². The van der Waals surface area contributed by atoms with Gasteiger partial charge in [0.1, 0.15) is 5.78 Å². The number of benzene rings is 1. The number of hydrogen-bond donors (Lipinski definition) is 2. The molecule has 1 amide bonds. The number of rotatable bonds is 6. The van der Waals surface area contributed by atoms with Crippen LogP contribution < -0.4 is 10.6 Å². The molecule has 1 aliphatic heterocycles. The molecule has 0 unspecified atom stereocenters. The zero-order chi connectivity index (χ0) is 20.5. The summed E-state index contributed by atoms with van der Waals surface area (Å²) in [7, 11) is 1.91. The highest BCUT2D eigenvalue weighted by Crippen LogP contribution is 2.30. The normalized spacial score (nSPS) is 23.0. The van der Waals surface area contributed by atoms with Crippen LogP contribution in [-0.4, -0.2) is 58.1 Å². The Hall–Kier alpha value is -2.41. The zero-order valence-electron chi connectivity index (χ0n) is 17.6. The third-order valence-electron chi connectivity index (χ3n) is 6.49. The van der Waals surface area contributed by atoms with Crippen LogP contribution in [0.5, 0.6) is 0 Å². The van der Waals surface area contributed by atoms with Gasteiger partial charge in [-0.3, -0.25) is 19.2 Å². The lowest BCUT2D eigenvalue weighted by Gasteiger charge is -2.46. The topological polar surface area (TPSA) is 79.3 Å². The third kappa shape index (κ3) is 4.29. The number of aryl methyl sites for hydroxylation is 2. The van der Waals surface area contributed by atoms with E-state index in [9.17, 15) is 9.59 Å². The standard InChI is InChI=1S/C22H31N5O2/c1-14-4-9-20-19(10-14)22(25-26(20)3)23-11-21(29)24-17-12-27(13-17)18-7-5-16(6-8-18)15(2)28/h4,9-10,16-18H,5-8,11-13H2,1-3H3,(H,23,25)(H,24,29)/t16-,18+. The first-order valence-corrected chi connectivity index (χ1v) is 10.6. The summed E-state index contributed by atoms with van der Waals surface area (Å²) in [6, 6.07) is 7.00. The molecule has 1 saturated heterocycles. The first-order valence-electron chi connectivity index (χ1n) is 10.6. The second-order valence-electron chi connectivity index (χ2n) is 8.68. The smallest absolute Gasteiger partial charge is 0.239 e. The summed E-state index contributed by atoms with van der Waals surface area (Å²) >= 11 is 0. The lowest BCUT2D eigenvalue weighted by Crippen LogP contribution is -2.63. The number of carbonyl (C=O) groups is 2. The molecule has 2 N–H and O–H groups in total. The first kappa shape index (κ1) is 19.9. The van der Waals surface area contributed by atoms with Gasteiger partial charge in [0.25, 0.3) is 0 Å². The van der Waals surface area contributed by atoms with Crippen LogP contribution in [0.25, 0.3) is 10.9 Å². The number of amides is 1. The molecule has 1 aromatic heterocycles. The van der Waals surface area contributed by atoms with Gasteiger partial charge in [-0.05, 0) is 51.7 Å². The molecule has 1 aromatic carbocycles. The number of Topliss-reactive ketones (excluding diaryl/α,β-unsaturated/α-hetero) is 1. The van der Waals surface area contributed by atoms with Crippen molar-refractivity contribution >= 4 is 28.4 Å². The molecular formula is C22H31N5O2. The van der Waals surface area contributed by atoms with E-state index in [1.165, 1.54) is 5.56 Å². The number of carbonyl (C=O) groups excluding carboxylic acids is 2. The monoisotopic (exact) mass is 397 g/mol. The highest BCUT2D eigenvalue weighted by Gasteiger charge is 2.35. The molecule has 1 aliphatic carbocycles. The minimum absolute atomic E-state index is 0.00129. The fourth-order valence-corrected chi connectivity index (χ4v) is 4.70. The third-order valence-corrected chi connectivity index (χ3v) is 6.49. The molecule has 0 spiro atoms. The Morgan fingerprint density at radius 3 is 2.59 bits per heavy atom. The van der Waals surface area contributed by atoms with Crippen molar-refractivity contribution in [3.05, 3.63) is 23.8 Å². The number of fused-ring (bicyclic) bond motifs is 1. The van der Waals surface area contributed by atoms with Gasteiger partial charge in [0, 0.05) is 37.5 Å². The van der Waals surface area contributed by atoms with Crippen LogP contribution >= 0.6 is 0 Å². The molecule has 7 nitrogen and oxygen atoms in total. The Labute approximate surface area is 171 Å². The summed E-state index contributed by atoms with van der Waals surface area (Å²) in [5.74, 6) is 1.35. The van der Waals surface area contributed by atoms with Gasteiger partial charge < -0.3 is 10.6 Å². The van der Waals surface area contributed by atoms with Gasteiger partial charge in [-0.1, -0.05) is 11.6 Å². The van der Waals surface area contributed by atoms with E-state index < -0.39 is 0 Å². The van der Waals surface area contributed by atoms with Crippen molar-refractivity contribution < 1.29 is 9.59 Å². The average Bonchev–Trinajstić information content (AvgIpc) is 2.97. The van der Waals surface area contributed by atoms with E-state index in [1.54, 1.807) is 6.92 Å². The zero-order valence-corrected chi connectivity index (χ0v) is 17.6. The van der Waals surface area contributed by atoms with Crippen LogP contribution in [0.1, 0.15) is 38.2 Å². The summed E-state index contributed by atoms with van der Waals surface area (Å²) in [5, 5.41) is 11.8. The fourth-order valence-electron chi connectivity index (χ4n) is 4.70. The maximum absolute atomic E-state index is 12.4. The molecular weight excluding hydrogens is 366 g/mol. The van der Waals surface area contributed by atoms with Crippen molar-refractivity contribution in [2.24, 2.45) is 13.0 Å². The SMILES string of the molecule is Cc1ccc2c(c1)c(NCC(=O)NC1CN([C@H]3CC[C@@H](C(C)=O)CC3)C1)nn2C. The van der Waals surface area contributed by atoms with E-state index in [-0.39, 0.29) is 24.4 Å². The quantitative estimate of drug-likeness (QED) is 0.782. The molecule has 0 radical (unpaired) electrons. The molecule has 2 aromatic rings. The van der Waals surface area contributed by atoms with Crippen molar-refractivity contribution in [2.75, 3.05) is 25.0 Å². The average molecular weight is 398 g/mol. The Morgan fingerprint density at radius 2 is 1.90 bits per heavy atom. The Kier molecular flexibility index (Phi) is 5.58. The van der Waals surface area contributed by atoms with E-state index in [0.717, 1.165) is 55.5 Å². The molecule has 156 valence electrons. The largest absolute Gasteiger partial charge is 0.359 e. The van der Waals surface area contributed by atoms with Crippen molar-refractivity contribution in [3.63, 3.8) is 0 Å². The van der Waals surface area contributed by atoms with Gasteiger partial charge in [-0.15, -0.1) is 0 Å². The number of nitrogens with one attached hydrogen (secondary N) is 2. The number of hydrogen-bond acceptors (Lipinski definition) is 5. The van der Waals surface area contributed by atoms with Gasteiger partial charge >= 0.3 is 0 Å². The van der Waals surface area contributed by atoms with Crippen molar-refractivity contribution in [2.45, 2.75) is 51.6 Å². The second-order valence-corrected chi connectivity index (χ2v) is 8.68.